The molecule has 0 aliphatic heterocycles. The van der Waals surface area contributed by atoms with Crippen molar-refractivity contribution in [1.29, 1.82) is 0 Å². The first-order valence-electron chi connectivity index (χ1n) is 7.46. The standard InChI is InChI=1S/C18H14N4O2/c1-19-16-17-20-10-15(11-6-8-12(9-7-11)18(23)24)22(17)14-5-3-2-4-13(14)21-16/h2-10H,1H3,(H,19,21)(H,23,24). The number of nitrogens with zero attached hydrogens (tertiary/aromatic N) is 3. The van der Waals surface area contributed by atoms with Gasteiger partial charge >= 0.3 is 5.97 Å². The van der Waals surface area contributed by atoms with Gasteiger partial charge in [-0.2, -0.15) is 0 Å². The van der Waals surface area contributed by atoms with Gasteiger partial charge in [0, 0.05) is 12.6 Å². The molecule has 6 nitrogen and oxygen atoms in total. The van der Waals surface area contributed by atoms with Gasteiger partial charge in [-0.1, -0.05) is 24.3 Å². The van der Waals surface area contributed by atoms with Gasteiger partial charge in [0.15, 0.2) is 11.5 Å². The number of nitrogens with one attached hydrogen (secondary N) is 1. The van der Waals surface area contributed by atoms with Crippen LogP contribution >= 0.6 is 0 Å². The van der Waals surface area contributed by atoms with Crippen LogP contribution in [-0.2, 0) is 0 Å². The number of hydrogen-bond donors (Lipinski definition) is 2. The lowest BCUT2D eigenvalue weighted by molar-refractivity contribution is 0.0697. The topological polar surface area (TPSA) is 79.5 Å². The first kappa shape index (κ1) is 14.2. The van der Waals surface area contributed by atoms with Crippen LogP contribution in [0.15, 0.2) is 54.7 Å². The highest BCUT2D eigenvalue weighted by Gasteiger charge is 2.14. The number of carboxylic acids is 1. The van der Waals surface area contributed by atoms with E-state index in [1.165, 1.54) is 0 Å². The van der Waals surface area contributed by atoms with E-state index in [2.05, 4.69) is 15.3 Å². The molecule has 0 aliphatic rings. The molecule has 0 radical (unpaired) electrons. The number of fused-ring (bicyclic) bond motifs is 3. The van der Waals surface area contributed by atoms with E-state index in [9.17, 15) is 4.79 Å². The Morgan fingerprint density at radius 3 is 2.58 bits per heavy atom. The number of carboxylic acid groups (broad SMARTS) is 1. The number of rotatable bonds is 3. The fourth-order valence-electron chi connectivity index (χ4n) is 2.84. The van der Waals surface area contributed by atoms with Crippen LogP contribution in [-0.4, -0.2) is 32.5 Å². The van der Waals surface area contributed by atoms with Gasteiger partial charge in [-0.3, -0.25) is 4.40 Å². The monoisotopic (exact) mass is 318 g/mol. The summed E-state index contributed by atoms with van der Waals surface area (Å²) in [4.78, 5) is 20.1. The summed E-state index contributed by atoms with van der Waals surface area (Å²) in [6, 6.07) is 14.6. The van der Waals surface area contributed by atoms with Crippen LogP contribution in [0.3, 0.4) is 0 Å². The average Bonchev–Trinajstić information content (AvgIpc) is 3.06. The summed E-state index contributed by atoms with van der Waals surface area (Å²) >= 11 is 0. The van der Waals surface area contributed by atoms with Crippen molar-refractivity contribution < 1.29 is 9.90 Å². The lowest BCUT2D eigenvalue weighted by Gasteiger charge is -2.09. The summed E-state index contributed by atoms with van der Waals surface area (Å²) in [7, 11) is 1.81. The highest BCUT2D eigenvalue weighted by atomic mass is 16.4. The Labute approximate surface area is 137 Å². The average molecular weight is 318 g/mol. The molecule has 2 aromatic carbocycles. The maximum absolute atomic E-state index is 11.0. The number of aromatic carboxylic acids is 1. The van der Waals surface area contributed by atoms with Crippen LogP contribution < -0.4 is 5.32 Å². The number of carbonyl (C=O) groups is 1. The van der Waals surface area contributed by atoms with Crippen LogP contribution in [0.4, 0.5) is 5.82 Å². The van der Waals surface area contributed by atoms with E-state index in [0.717, 1.165) is 27.9 Å². The Kier molecular flexibility index (Phi) is 3.16. The SMILES string of the molecule is CNc1nc2ccccc2n2c(-c3ccc(C(=O)O)cc3)cnc12. The fraction of sp³-hybridized carbons (Fsp3) is 0.0556. The maximum Gasteiger partial charge on any atom is 0.335 e. The Hall–Kier alpha value is -3.41. The van der Waals surface area contributed by atoms with Crippen molar-refractivity contribution in [2.75, 3.05) is 12.4 Å². The minimum atomic E-state index is -0.938. The van der Waals surface area contributed by atoms with E-state index in [-0.39, 0.29) is 5.56 Å². The number of anilines is 1. The largest absolute Gasteiger partial charge is 0.478 e. The molecule has 0 unspecified atom stereocenters. The van der Waals surface area contributed by atoms with Crippen LogP contribution in [0, 0.1) is 0 Å². The molecule has 2 N–H and O–H groups in total. The summed E-state index contributed by atoms with van der Waals surface area (Å²) in [5, 5.41) is 12.1. The molecule has 2 aromatic heterocycles. The predicted molar refractivity (Wildman–Crippen MR) is 92.4 cm³/mol. The van der Waals surface area contributed by atoms with Crippen molar-refractivity contribution in [2.45, 2.75) is 0 Å². The molecule has 0 bridgehead atoms. The Morgan fingerprint density at radius 2 is 1.88 bits per heavy atom. The van der Waals surface area contributed by atoms with E-state index in [4.69, 9.17) is 5.11 Å². The molecule has 0 amide bonds. The highest BCUT2D eigenvalue weighted by molar-refractivity contribution is 5.89. The molecule has 0 fully saturated rings. The molecule has 6 heteroatoms. The quantitative estimate of drug-likeness (QED) is 0.606. The molecular weight excluding hydrogens is 304 g/mol. The lowest BCUT2D eigenvalue weighted by atomic mass is 10.1. The van der Waals surface area contributed by atoms with Crippen molar-refractivity contribution in [1.82, 2.24) is 14.4 Å². The van der Waals surface area contributed by atoms with E-state index in [1.54, 1.807) is 30.5 Å². The summed E-state index contributed by atoms with van der Waals surface area (Å²) in [5.74, 6) is -0.242. The van der Waals surface area contributed by atoms with Crippen LogP contribution in [0.2, 0.25) is 0 Å². The van der Waals surface area contributed by atoms with E-state index in [1.807, 2.05) is 35.7 Å². The normalized spacial score (nSPS) is 11.0. The molecule has 0 spiro atoms. The first-order chi connectivity index (χ1) is 11.7. The third-order valence-corrected chi connectivity index (χ3v) is 3.99. The van der Waals surface area contributed by atoms with Crippen molar-refractivity contribution in [3.05, 3.63) is 60.3 Å². The second kappa shape index (κ2) is 5.34. The minimum Gasteiger partial charge on any atom is -0.478 e. The summed E-state index contributed by atoms with van der Waals surface area (Å²) in [6.45, 7) is 0. The number of para-hydroxylation sites is 2. The molecule has 0 saturated heterocycles. The van der Waals surface area contributed by atoms with E-state index >= 15 is 0 Å². The first-order valence-corrected chi connectivity index (χ1v) is 7.46. The van der Waals surface area contributed by atoms with Gasteiger partial charge in [-0.25, -0.2) is 14.8 Å². The van der Waals surface area contributed by atoms with Gasteiger partial charge in [0.2, 0.25) is 0 Å². The van der Waals surface area contributed by atoms with Crippen molar-refractivity contribution in [2.24, 2.45) is 0 Å². The fourth-order valence-corrected chi connectivity index (χ4v) is 2.84. The lowest BCUT2D eigenvalue weighted by Crippen LogP contribution is -2.01. The number of benzene rings is 2. The molecule has 4 rings (SSSR count). The zero-order chi connectivity index (χ0) is 16.7. The van der Waals surface area contributed by atoms with Gasteiger partial charge in [0.1, 0.15) is 0 Å². The Bertz CT molecular complexity index is 1070. The summed E-state index contributed by atoms with van der Waals surface area (Å²) in [6.07, 6.45) is 1.78. The van der Waals surface area contributed by atoms with Gasteiger partial charge in [-0.15, -0.1) is 0 Å². The zero-order valence-electron chi connectivity index (χ0n) is 12.9. The van der Waals surface area contributed by atoms with Crippen molar-refractivity contribution in [3.63, 3.8) is 0 Å². The summed E-state index contributed by atoms with van der Waals surface area (Å²) in [5.41, 5.74) is 4.57. The molecule has 4 aromatic rings. The van der Waals surface area contributed by atoms with E-state index < -0.39 is 5.97 Å². The Morgan fingerprint density at radius 1 is 1.12 bits per heavy atom. The summed E-state index contributed by atoms with van der Waals surface area (Å²) < 4.78 is 2.03. The number of hydrogen-bond acceptors (Lipinski definition) is 4. The van der Waals surface area contributed by atoms with Crippen LogP contribution in [0.25, 0.3) is 27.9 Å². The van der Waals surface area contributed by atoms with Gasteiger partial charge in [-0.05, 0) is 24.3 Å². The third kappa shape index (κ3) is 2.08. The molecule has 0 aliphatic carbocycles. The number of imidazole rings is 1. The third-order valence-electron chi connectivity index (χ3n) is 3.99. The highest BCUT2D eigenvalue weighted by Crippen LogP contribution is 2.28. The Balaban J connectivity index is 2.02. The van der Waals surface area contributed by atoms with Crippen molar-refractivity contribution in [3.8, 4) is 11.3 Å². The molecule has 0 atom stereocenters. The molecule has 118 valence electrons. The second-order valence-electron chi connectivity index (χ2n) is 5.38. The van der Waals surface area contributed by atoms with Crippen molar-refractivity contribution >= 4 is 28.5 Å². The smallest absolute Gasteiger partial charge is 0.335 e. The van der Waals surface area contributed by atoms with Crippen LogP contribution in [0.1, 0.15) is 10.4 Å². The van der Waals surface area contributed by atoms with Crippen LogP contribution in [0.5, 0.6) is 0 Å². The molecule has 2 heterocycles. The number of aromatic nitrogens is 3. The molecule has 24 heavy (non-hydrogen) atoms. The van der Waals surface area contributed by atoms with E-state index in [0.29, 0.717) is 5.82 Å². The molecular formula is C18H14N4O2. The van der Waals surface area contributed by atoms with Gasteiger partial charge in [0.25, 0.3) is 0 Å². The maximum atomic E-state index is 11.0. The minimum absolute atomic E-state index is 0.259. The predicted octanol–water partition coefficient (Wildman–Crippen LogP) is 3.29. The van der Waals surface area contributed by atoms with Gasteiger partial charge < -0.3 is 10.4 Å². The molecule has 0 saturated carbocycles. The zero-order valence-corrected chi connectivity index (χ0v) is 12.9. The van der Waals surface area contributed by atoms with Gasteiger partial charge in [0.05, 0.1) is 28.5 Å². The second-order valence-corrected chi connectivity index (χ2v) is 5.38.